The van der Waals surface area contributed by atoms with Crippen LogP contribution in [0.5, 0.6) is 0 Å². The molecule has 3 unspecified atom stereocenters. The number of hydrogen-bond acceptors (Lipinski definition) is 4. The third-order valence-electron chi connectivity index (χ3n) is 7.83. The Bertz CT molecular complexity index is 1190. The number of nitrogens with zero attached hydrogens (tertiary/aromatic N) is 1. The molecule has 1 aliphatic carbocycles. The Labute approximate surface area is 220 Å². The number of Topliss-reactive ketones (excluding diaryl/α,β-unsaturated/α-hetero) is 1. The number of fused-ring (bicyclic) bond motifs is 1. The first kappa shape index (κ1) is 25.4. The maximum atomic E-state index is 13.0. The zero-order valence-electron chi connectivity index (χ0n) is 21.8. The molecule has 1 saturated heterocycles. The summed E-state index contributed by atoms with van der Waals surface area (Å²) in [6, 6.07) is 30.5. The number of ether oxygens (including phenoxy) is 1. The van der Waals surface area contributed by atoms with Gasteiger partial charge in [0.15, 0.2) is 5.78 Å². The molecule has 5 nitrogen and oxygen atoms in total. The van der Waals surface area contributed by atoms with Gasteiger partial charge in [-0.25, -0.2) is 4.79 Å². The van der Waals surface area contributed by atoms with Crippen LogP contribution >= 0.6 is 0 Å². The van der Waals surface area contributed by atoms with E-state index in [-0.39, 0.29) is 42.0 Å². The Hall–Kier alpha value is -3.22. The molecule has 3 aromatic carbocycles. The van der Waals surface area contributed by atoms with Crippen molar-refractivity contribution in [1.82, 2.24) is 4.90 Å². The van der Waals surface area contributed by atoms with Crippen molar-refractivity contribution in [1.29, 1.82) is 0 Å². The van der Waals surface area contributed by atoms with E-state index in [2.05, 4.69) is 69.3 Å². The minimum atomic E-state index is -2.74. The van der Waals surface area contributed by atoms with E-state index in [4.69, 9.17) is 9.16 Å². The van der Waals surface area contributed by atoms with E-state index in [0.717, 1.165) is 5.56 Å². The van der Waals surface area contributed by atoms with Crippen molar-refractivity contribution in [3.05, 3.63) is 96.6 Å². The van der Waals surface area contributed by atoms with Crippen LogP contribution in [0.4, 0.5) is 4.79 Å². The fourth-order valence-electron chi connectivity index (χ4n) is 6.10. The molecule has 5 rings (SSSR count). The van der Waals surface area contributed by atoms with Gasteiger partial charge in [-0.1, -0.05) is 112 Å². The summed E-state index contributed by atoms with van der Waals surface area (Å²) in [5, 5.41) is 2.29. The summed E-state index contributed by atoms with van der Waals surface area (Å²) < 4.78 is 12.9. The average molecular weight is 514 g/mol. The Morgan fingerprint density at radius 3 is 1.95 bits per heavy atom. The first-order valence-electron chi connectivity index (χ1n) is 13.1. The van der Waals surface area contributed by atoms with Crippen LogP contribution in [0.25, 0.3) is 0 Å². The lowest BCUT2D eigenvalue weighted by molar-refractivity contribution is -0.120. The van der Waals surface area contributed by atoms with E-state index < -0.39 is 14.4 Å². The molecule has 1 saturated carbocycles. The monoisotopic (exact) mass is 513 g/mol. The van der Waals surface area contributed by atoms with Gasteiger partial charge in [-0.3, -0.25) is 9.69 Å². The van der Waals surface area contributed by atoms with E-state index in [9.17, 15) is 9.59 Å². The van der Waals surface area contributed by atoms with Crippen LogP contribution in [-0.4, -0.2) is 43.8 Å². The molecule has 0 aromatic heterocycles. The number of carbonyl (C=O) groups is 2. The molecule has 1 amide bonds. The molecule has 1 heterocycles. The van der Waals surface area contributed by atoms with Crippen molar-refractivity contribution in [3.63, 3.8) is 0 Å². The predicted molar refractivity (Wildman–Crippen MR) is 147 cm³/mol. The SMILES string of the molecule is CC(C)(C)[Si](OC1CC2C(=O)CN(C(=O)OCc3ccccc3)C2C1)(c1ccccc1)c1ccccc1. The molecule has 6 heteroatoms. The fraction of sp³-hybridized carbons (Fsp3) is 0.355. The lowest BCUT2D eigenvalue weighted by Crippen LogP contribution is -2.67. The standard InChI is InChI=1S/C31H35NO4Si/c1-31(2,3)37(25-15-9-5-10-16-25,26-17-11-6-12-18-26)36-24-19-27-28(20-24)32(21-29(27)33)30(34)35-22-23-13-7-4-8-14-23/h4-18,24,27-28H,19-22H2,1-3H3. The highest BCUT2D eigenvalue weighted by atomic mass is 28.4. The summed E-state index contributed by atoms with van der Waals surface area (Å²) in [7, 11) is -2.74. The Morgan fingerprint density at radius 2 is 1.41 bits per heavy atom. The van der Waals surface area contributed by atoms with Crippen molar-refractivity contribution < 1.29 is 18.8 Å². The lowest BCUT2D eigenvalue weighted by Gasteiger charge is -2.45. The summed E-state index contributed by atoms with van der Waals surface area (Å²) >= 11 is 0. The molecule has 0 radical (unpaired) electrons. The summed E-state index contributed by atoms with van der Waals surface area (Å²) in [6.45, 7) is 7.09. The van der Waals surface area contributed by atoms with Crippen LogP contribution in [0.1, 0.15) is 39.2 Å². The minimum Gasteiger partial charge on any atom is -0.445 e. The normalized spacial score (nSPS) is 21.6. The van der Waals surface area contributed by atoms with Crippen molar-refractivity contribution in [3.8, 4) is 0 Å². The maximum absolute atomic E-state index is 13.0. The lowest BCUT2D eigenvalue weighted by atomic mass is 10.0. The smallest absolute Gasteiger partial charge is 0.410 e. The van der Waals surface area contributed by atoms with Gasteiger partial charge >= 0.3 is 6.09 Å². The van der Waals surface area contributed by atoms with Crippen molar-refractivity contribution in [2.24, 2.45) is 5.92 Å². The van der Waals surface area contributed by atoms with E-state index in [0.29, 0.717) is 12.8 Å². The number of amides is 1. The number of carbonyl (C=O) groups excluding carboxylic acids is 2. The quantitative estimate of drug-likeness (QED) is 0.439. The van der Waals surface area contributed by atoms with Gasteiger partial charge in [-0.05, 0) is 33.8 Å². The second kappa shape index (κ2) is 10.3. The summed E-state index contributed by atoms with van der Waals surface area (Å²) in [4.78, 5) is 27.6. The van der Waals surface area contributed by atoms with E-state index >= 15 is 0 Å². The van der Waals surface area contributed by atoms with Gasteiger partial charge in [0, 0.05) is 18.1 Å². The summed E-state index contributed by atoms with van der Waals surface area (Å²) in [6.07, 6.45) is 0.739. The van der Waals surface area contributed by atoms with Gasteiger partial charge in [0.05, 0.1) is 6.54 Å². The minimum absolute atomic E-state index is 0.107. The fourth-order valence-corrected chi connectivity index (χ4v) is 10.8. The molecular weight excluding hydrogens is 478 g/mol. The molecule has 3 aromatic rings. The molecule has 2 fully saturated rings. The van der Waals surface area contributed by atoms with Crippen molar-refractivity contribution >= 4 is 30.6 Å². The molecule has 0 bridgehead atoms. The molecule has 37 heavy (non-hydrogen) atoms. The average Bonchev–Trinajstić information content (AvgIpc) is 3.46. The van der Waals surface area contributed by atoms with Gasteiger partial charge < -0.3 is 9.16 Å². The number of hydrogen-bond donors (Lipinski definition) is 0. The highest BCUT2D eigenvalue weighted by molar-refractivity contribution is 6.99. The molecule has 3 atom stereocenters. The largest absolute Gasteiger partial charge is 0.445 e. The van der Waals surface area contributed by atoms with E-state index in [1.54, 1.807) is 4.90 Å². The number of ketones is 1. The number of likely N-dealkylation sites (tertiary alicyclic amines) is 1. The molecule has 0 spiro atoms. The van der Waals surface area contributed by atoms with E-state index in [1.165, 1.54) is 10.4 Å². The molecule has 1 aliphatic heterocycles. The van der Waals surface area contributed by atoms with Crippen molar-refractivity contribution in [2.45, 2.75) is 57.4 Å². The van der Waals surface area contributed by atoms with Gasteiger partial charge in [0.25, 0.3) is 8.32 Å². The van der Waals surface area contributed by atoms with Crippen LogP contribution in [0.3, 0.4) is 0 Å². The summed E-state index contributed by atoms with van der Waals surface area (Å²) in [5.41, 5.74) is 0.928. The van der Waals surface area contributed by atoms with Crippen LogP contribution in [0.15, 0.2) is 91.0 Å². The molecule has 2 aliphatic rings. The van der Waals surface area contributed by atoms with Crippen LogP contribution < -0.4 is 10.4 Å². The highest BCUT2D eigenvalue weighted by Gasteiger charge is 2.56. The first-order valence-corrected chi connectivity index (χ1v) is 15.0. The Morgan fingerprint density at radius 1 is 0.865 bits per heavy atom. The van der Waals surface area contributed by atoms with E-state index in [1.807, 2.05) is 42.5 Å². The second-order valence-corrected chi connectivity index (χ2v) is 15.4. The van der Waals surface area contributed by atoms with Gasteiger partial charge in [-0.15, -0.1) is 0 Å². The number of rotatable bonds is 6. The van der Waals surface area contributed by atoms with Crippen LogP contribution in [0.2, 0.25) is 5.04 Å². The predicted octanol–water partition coefficient (Wildman–Crippen LogP) is 4.93. The van der Waals surface area contributed by atoms with Gasteiger partial charge in [0.2, 0.25) is 0 Å². The third-order valence-corrected chi connectivity index (χ3v) is 12.9. The van der Waals surface area contributed by atoms with Gasteiger partial charge in [-0.2, -0.15) is 0 Å². The maximum Gasteiger partial charge on any atom is 0.410 e. The molecule has 0 N–H and O–H groups in total. The third kappa shape index (κ3) is 4.88. The zero-order valence-corrected chi connectivity index (χ0v) is 22.8. The number of benzene rings is 3. The molecule has 192 valence electrons. The zero-order chi connectivity index (χ0) is 26.0. The van der Waals surface area contributed by atoms with Crippen LogP contribution in [-0.2, 0) is 20.6 Å². The summed E-state index contributed by atoms with van der Waals surface area (Å²) in [5.74, 6) is -0.0947. The second-order valence-electron chi connectivity index (χ2n) is 11.2. The Balaban J connectivity index is 1.40. The topological polar surface area (TPSA) is 55.8 Å². The van der Waals surface area contributed by atoms with Gasteiger partial charge in [0.1, 0.15) is 6.61 Å². The van der Waals surface area contributed by atoms with Crippen molar-refractivity contribution in [2.75, 3.05) is 6.54 Å². The van der Waals surface area contributed by atoms with Crippen LogP contribution in [0, 0.1) is 5.92 Å². The first-order chi connectivity index (χ1) is 17.8. The Kier molecular flexibility index (Phi) is 7.06. The molecular formula is C31H35NO4Si. The highest BCUT2D eigenvalue weighted by Crippen LogP contribution is 2.43.